The van der Waals surface area contributed by atoms with E-state index in [-0.39, 0.29) is 18.2 Å². The van der Waals surface area contributed by atoms with Crippen LogP contribution in [0.15, 0.2) is 24.3 Å². The molecule has 0 saturated heterocycles. The van der Waals surface area contributed by atoms with Crippen LogP contribution in [0, 0.1) is 5.82 Å². The van der Waals surface area contributed by atoms with Crippen molar-refractivity contribution in [2.75, 3.05) is 11.9 Å². The second-order valence-electron chi connectivity index (χ2n) is 4.13. The summed E-state index contributed by atoms with van der Waals surface area (Å²) in [5.74, 6) is -0.615. The smallest absolute Gasteiger partial charge is 0.310 e. The Hall–Kier alpha value is -0.900. The van der Waals surface area contributed by atoms with E-state index in [4.69, 9.17) is 4.74 Å². The van der Waals surface area contributed by atoms with E-state index >= 15 is 0 Å². The van der Waals surface area contributed by atoms with Gasteiger partial charge in [0.1, 0.15) is 5.82 Å². The molecule has 0 spiro atoms. The number of carbonyl (C=O) groups is 1. The average Bonchev–Trinajstić information content (AvgIpc) is 2.33. The number of hydrogen-bond acceptors (Lipinski definition) is 2. The molecule has 0 amide bonds. The van der Waals surface area contributed by atoms with E-state index in [1.165, 1.54) is 12.1 Å². The third kappa shape index (κ3) is 6.74. The highest BCUT2D eigenvalue weighted by Gasteiger charge is 2.05. The predicted molar refractivity (Wildman–Crippen MR) is 73.3 cm³/mol. The monoisotopic (exact) mass is 316 g/mol. The van der Waals surface area contributed by atoms with Gasteiger partial charge in [-0.05, 0) is 30.5 Å². The van der Waals surface area contributed by atoms with E-state index < -0.39 is 0 Å². The van der Waals surface area contributed by atoms with E-state index in [0.29, 0.717) is 12.2 Å². The van der Waals surface area contributed by atoms with Crippen LogP contribution >= 0.6 is 15.9 Å². The topological polar surface area (TPSA) is 26.3 Å². The highest BCUT2D eigenvalue weighted by Crippen LogP contribution is 2.06. The first kappa shape index (κ1) is 15.2. The summed E-state index contributed by atoms with van der Waals surface area (Å²) in [6.45, 7) is 0.455. The van der Waals surface area contributed by atoms with Crippen LogP contribution in [0.5, 0.6) is 0 Å². The molecule has 2 nitrogen and oxygen atoms in total. The Morgan fingerprint density at radius 2 is 2.00 bits per heavy atom. The molecule has 0 aliphatic carbocycles. The molecular formula is C14H18BrFO2. The molecule has 0 atom stereocenters. The van der Waals surface area contributed by atoms with E-state index in [2.05, 4.69) is 15.9 Å². The second-order valence-corrected chi connectivity index (χ2v) is 4.92. The van der Waals surface area contributed by atoms with Crippen LogP contribution in [-0.4, -0.2) is 17.9 Å². The summed E-state index contributed by atoms with van der Waals surface area (Å²) in [7, 11) is 0. The molecule has 0 unspecified atom stereocenters. The Kier molecular flexibility index (Phi) is 7.65. The van der Waals surface area contributed by atoms with Gasteiger partial charge in [-0.2, -0.15) is 0 Å². The Bertz CT molecular complexity index is 369. The van der Waals surface area contributed by atoms with Crippen LogP contribution in [-0.2, 0) is 16.0 Å². The van der Waals surface area contributed by atoms with Crippen molar-refractivity contribution < 1.29 is 13.9 Å². The molecule has 100 valence electrons. The van der Waals surface area contributed by atoms with Crippen molar-refractivity contribution in [1.82, 2.24) is 0 Å². The molecular weight excluding hydrogens is 299 g/mol. The minimum absolute atomic E-state index is 0.138. The van der Waals surface area contributed by atoms with Gasteiger partial charge >= 0.3 is 5.97 Å². The number of ether oxygens (including phenoxy) is 1. The maximum Gasteiger partial charge on any atom is 0.310 e. The van der Waals surface area contributed by atoms with Gasteiger partial charge in [0.25, 0.3) is 0 Å². The molecule has 4 heteroatoms. The van der Waals surface area contributed by atoms with Gasteiger partial charge in [0.2, 0.25) is 0 Å². The van der Waals surface area contributed by atoms with E-state index in [1.54, 1.807) is 12.1 Å². The van der Waals surface area contributed by atoms with Crippen LogP contribution in [0.2, 0.25) is 0 Å². The summed E-state index contributed by atoms with van der Waals surface area (Å²) >= 11 is 3.37. The van der Waals surface area contributed by atoms with Gasteiger partial charge in [0, 0.05) is 5.33 Å². The number of alkyl halides is 1. The van der Waals surface area contributed by atoms with E-state index in [9.17, 15) is 9.18 Å². The van der Waals surface area contributed by atoms with Crippen molar-refractivity contribution in [2.45, 2.75) is 32.1 Å². The summed E-state index contributed by atoms with van der Waals surface area (Å²) in [4.78, 5) is 11.5. The zero-order valence-electron chi connectivity index (χ0n) is 10.3. The number of halogens is 2. The number of hydrogen-bond donors (Lipinski definition) is 0. The second kappa shape index (κ2) is 9.09. The molecule has 0 heterocycles. The van der Waals surface area contributed by atoms with Crippen molar-refractivity contribution in [3.63, 3.8) is 0 Å². The van der Waals surface area contributed by atoms with Crippen LogP contribution < -0.4 is 0 Å². The molecule has 0 aliphatic heterocycles. The first-order valence-electron chi connectivity index (χ1n) is 6.18. The van der Waals surface area contributed by atoms with Gasteiger partial charge < -0.3 is 4.74 Å². The van der Waals surface area contributed by atoms with Crippen LogP contribution in [0.25, 0.3) is 0 Å². The Morgan fingerprint density at radius 1 is 1.22 bits per heavy atom. The molecule has 18 heavy (non-hydrogen) atoms. The molecule has 0 saturated carbocycles. The number of rotatable bonds is 8. The lowest BCUT2D eigenvalue weighted by Crippen LogP contribution is -2.09. The molecule has 0 N–H and O–H groups in total. The lowest BCUT2D eigenvalue weighted by atomic mass is 10.1. The quantitative estimate of drug-likeness (QED) is 0.413. The Morgan fingerprint density at radius 3 is 2.72 bits per heavy atom. The molecule has 0 aromatic heterocycles. The fraction of sp³-hybridized carbons (Fsp3) is 0.500. The summed E-state index contributed by atoms with van der Waals surface area (Å²) in [5, 5.41) is 1.02. The van der Waals surface area contributed by atoms with E-state index in [1.807, 2.05) is 0 Å². The first-order chi connectivity index (χ1) is 8.72. The normalized spacial score (nSPS) is 10.3. The standard InChI is InChI=1S/C14H18BrFO2/c15-8-3-1-2-4-9-18-14(17)11-12-6-5-7-13(16)10-12/h5-7,10H,1-4,8-9,11H2. The van der Waals surface area contributed by atoms with Gasteiger partial charge in [0.05, 0.1) is 13.0 Å². The molecule has 1 rings (SSSR count). The van der Waals surface area contributed by atoms with Crippen LogP contribution in [0.1, 0.15) is 31.2 Å². The third-order valence-electron chi connectivity index (χ3n) is 2.53. The molecule has 0 radical (unpaired) electrons. The van der Waals surface area contributed by atoms with E-state index in [0.717, 1.165) is 31.0 Å². The zero-order valence-corrected chi connectivity index (χ0v) is 11.9. The SMILES string of the molecule is O=C(Cc1cccc(F)c1)OCCCCCCBr. The van der Waals surface area contributed by atoms with Gasteiger partial charge in [-0.3, -0.25) is 4.79 Å². The summed E-state index contributed by atoms with van der Waals surface area (Å²) in [5.41, 5.74) is 0.652. The van der Waals surface area contributed by atoms with Crippen molar-refractivity contribution >= 4 is 21.9 Å². The van der Waals surface area contributed by atoms with Crippen molar-refractivity contribution in [3.05, 3.63) is 35.6 Å². The number of carbonyl (C=O) groups excluding carboxylic acids is 1. The predicted octanol–water partition coefficient (Wildman–Crippen LogP) is 3.87. The van der Waals surface area contributed by atoms with Gasteiger partial charge in [-0.1, -0.05) is 40.9 Å². The lowest BCUT2D eigenvalue weighted by molar-refractivity contribution is -0.142. The molecule has 0 bridgehead atoms. The summed E-state index contributed by atoms with van der Waals surface area (Å²) < 4.78 is 18.0. The minimum Gasteiger partial charge on any atom is -0.465 e. The van der Waals surface area contributed by atoms with Crippen molar-refractivity contribution in [3.8, 4) is 0 Å². The molecule has 1 aromatic rings. The van der Waals surface area contributed by atoms with Crippen LogP contribution in [0.4, 0.5) is 4.39 Å². The number of esters is 1. The molecule has 0 aliphatic rings. The fourth-order valence-corrected chi connectivity index (χ4v) is 2.00. The molecule has 1 aromatic carbocycles. The summed E-state index contributed by atoms with van der Waals surface area (Å²) in [6.07, 6.45) is 4.39. The highest BCUT2D eigenvalue weighted by molar-refractivity contribution is 9.09. The summed E-state index contributed by atoms with van der Waals surface area (Å²) in [6, 6.07) is 6.04. The first-order valence-corrected chi connectivity index (χ1v) is 7.30. The maximum absolute atomic E-state index is 12.9. The Balaban J connectivity index is 2.14. The zero-order chi connectivity index (χ0) is 13.2. The highest BCUT2D eigenvalue weighted by atomic mass is 79.9. The minimum atomic E-state index is -0.324. The number of benzene rings is 1. The van der Waals surface area contributed by atoms with Gasteiger partial charge in [-0.15, -0.1) is 0 Å². The lowest BCUT2D eigenvalue weighted by Gasteiger charge is -2.05. The third-order valence-corrected chi connectivity index (χ3v) is 3.09. The van der Waals surface area contributed by atoms with Crippen LogP contribution in [0.3, 0.4) is 0 Å². The molecule has 0 fully saturated rings. The largest absolute Gasteiger partial charge is 0.465 e. The Labute approximate surface area is 116 Å². The van der Waals surface area contributed by atoms with Gasteiger partial charge in [0.15, 0.2) is 0 Å². The van der Waals surface area contributed by atoms with Crippen molar-refractivity contribution in [2.24, 2.45) is 0 Å². The number of unbranched alkanes of at least 4 members (excludes halogenated alkanes) is 3. The maximum atomic E-state index is 12.9. The van der Waals surface area contributed by atoms with Gasteiger partial charge in [-0.25, -0.2) is 4.39 Å². The van der Waals surface area contributed by atoms with Crippen molar-refractivity contribution in [1.29, 1.82) is 0 Å². The fourth-order valence-electron chi connectivity index (χ4n) is 1.60. The average molecular weight is 317 g/mol.